The zero-order chi connectivity index (χ0) is 24.0. The van der Waals surface area contributed by atoms with Crippen molar-refractivity contribution in [2.24, 2.45) is 0 Å². The van der Waals surface area contributed by atoms with Crippen molar-refractivity contribution in [1.82, 2.24) is 20.0 Å². The van der Waals surface area contributed by atoms with E-state index in [0.717, 1.165) is 24.2 Å². The van der Waals surface area contributed by atoms with Crippen LogP contribution in [0.5, 0.6) is 0 Å². The molecule has 2 heterocycles. The van der Waals surface area contributed by atoms with Crippen LogP contribution in [0.25, 0.3) is 11.5 Å². The van der Waals surface area contributed by atoms with Crippen LogP contribution < -0.4 is 0 Å². The lowest BCUT2D eigenvalue weighted by Gasteiger charge is -2.39. The Hall–Kier alpha value is -3.42. The molecular formula is C28H28N4O2S. The number of rotatable bonds is 7. The van der Waals surface area contributed by atoms with Crippen LogP contribution in [0.1, 0.15) is 22.7 Å². The second-order valence-electron chi connectivity index (χ2n) is 8.62. The highest BCUT2D eigenvalue weighted by Gasteiger charge is 2.28. The van der Waals surface area contributed by atoms with E-state index in [1.165, 1.54) is 22.9 Å². The molecule has 7 heteroatoms. The van der Waals surface area contributed by atoms with E-state index in [9.17, 15) is 4.79 Å². The first kappa shape index (κ1) is 23.3. The molecule has 1 fully saturated rings. The van der Waals surface area contributed by atoms with Crippen molar-refractivity contribution >= 4 is 17.7 Å². The van der Waals surface area contributed by atoms with Crippen LogP contribution in [-0.4, -0.2) is 57.8 Å². The molecule has 0 saturated carbocycles. The number of aryl methyl sites for hydroxylation is 1. The maximum Gasteiger partial charge on any atom is 0.277 e. The fourth-order valence-electron chi connectivity index (χ4n) is 4.52. The van der Waals surface area contributed by atoms with E-state index in [1.807, 2.05) is 48.2 Å². The van der Waals surface area contributed by atoms with Crippen LogP contribution in [0, 0.1) is 6.92 Å². The van der Waals surface area contributed by atoms with Gasteiger partial charge in [0.15, 0.2) is 0 Å². The number of amides is 1. The Balaban J connectivity index is 1.19. The van der Waals surface area contributed by atoms with Gasteiger partial charge in [0.2, 0.25) is 11.8 Å². The van der Waals surface area contributed by atoms with Crippen LogP contribution >= 0.6 is 11.8 Å². The van der Waals surface area contributed by atoms with Crippen LogP contribution in [0.3, 0.4) is 0 Å². The van der Waals surface area contributed by atoms with Crippen LogP contribution in [0.2, 0.25) is 0 Å². The summed E-state index contributed by atoms with van der Waals surface area (Å²) in [7, 11) is 0. The average molecular weight is 485 g/mol. The minimum absolute atomic E-state index is 0.0984. The van der Waals surface area contributed by atoms with Gasteiger partial charge >= 0.3 is 0 Å². The van der Waals surface area contributed by atoms with E-state index < -0.39 is 0 Å². The SMILES string of the molecule is Cc1ccccc1-c1nnc(SCC(=O)N2CCN(C(c3ccccc3)c3ccccc3)CC2)o1. The summed E-state index contributed by atoms with van der Waals surface area (Å²) >= 11 is 1.30. The molecule has 1 saturated heterocycles. The lowest BCUT2D eigenvalue weighted by Crippen LogP contribution is -2.50. The lowest BCUT2D eigenvalue weighted by molar-refractivity contribution is -0.130. The summed E-state index contributed by atoms with van der Waals surface area (Å²) in [5.74, 6) is 0.872. The second kappa shape index (κ2) is 10.9. The molecule has 0 spiro atoms. The van der Waals surface area contributed by atoms with Crippen LogP contribution in [-0.2, 0) is 4.79 Å². The largest absolute Gasteiger partial charge is 0.411 e. The van der Waals surface area contributed by atoms with Crippen molar-refractivity contribution in [3.63, 3.8) is 0 Å². The van der Waals surface area contributed by atoms with Crippen molar-refractivity contribution in [1.29, 1.82) is 0 Å². The van der Waals surface area contributed by atoms with Gasteiger partial charge in [0.05, 0.1) is 11.8 Å². The maximum absolute atomic E-state index is 12.9. The molecule has 35 heavy (non-hydrogen) atoms. The van der Waals surface area contributed by atoms with E-state index in [0.29, 0.717) is 24.2 Å². The quantitative estimate of drug-likeness (QED) is 0.341. The first-order valence-electron chi connectivity index (χ1n) is 11.8. The van der Waals surface area contributed by atoms with Gasteiger partial charge in [-0.15, -0.1) is 10.2 Å². The topological polar surface area (TPSA) is 62.5 Å². The lowest BCUT2D eigenvalue weighted by atomic mass is 9.96. The summed E-state index contributed by atoms with van der Waals surface area (Å²) in [6.45, 7) is 5.06. The summed E-state index contributed by atoms with van der Waals surface area (Å²) in [6.07, 6.45) is 0. The molecule has 178 valence electrons. The van der Waals surface area contributed by atoms with E-state index in [2.05, 4.69) is 63.6 Å². The Kier molecular flexibility index (Phi) is 7.25. The minimum atomic E-state index is 0.0984. The number of hydrogen-bond acceptors (Lipinski definition) is 6. The number of piperazine rings is 1. The zero-order valence-electron chi connectivity index (χ0n) is 19.7. The van der Waals surface area contributed by atoms with Gasteiger partial charge in [-0.1, -0.05) is 90.6 Å². The monoisotopic (exact) mass is 484 g/mol. The third-order valence-electron chi connectivity index (χ3n) is 6.36. The highest BCUT2D eigenvalue weighted by Crippen LogP contribution is 2.30. The van der Waals surface area contributed by atoms with E-state index in [1.54, 1.807) is 0 Å². The van der Waals surface area contributed by atoms with E-state index in [4.69, 9.17) is 4.42 Å². The van der Waals surface area contributed by atoms with Gasteiger partial charge in [0.25, 0.3) is 5.22 Å². The Morgan fingerprint density at radius 3 is 2.09 bits per heavy atom. The predicted octanol–water partition coefficient (Wildman–Crippen LogP) is 5.07. The van der Waals surface area contributed by atoms with Gasteiger partial charge in [-0.05, 0) is 29.7 Å². The number of carbonyl (C=O) groups is 1. The summed E-state index contributed by atoms with van der Waals surface area (Å²) in [5, 5.41) is 8.70. The van der Waals surface area contributed by atoms with Gasteiger partial charge in [-0.3, -0.25) is 9.69 Å². The van der Waals surface area contributed by atoms with Gasteiger partial charge < -0.3 is 9.32 Å². The molecule has 1 aliphatic heterocycles. The van der Waals surface area contributed by atoms with Gasteiger partial charge in [0.1, 0.15) is 0 Å². The third kappa shape index (κ3) is 5.47. The van der Waals surface area contributed by atoms with Gasteiger partial charge in [-0.2, -0.15) is 0 Å². The van der Waals surface area contributed by atoms with Gasteiger partial charge in [0, 0.05) is 31.7 Å². The highest BCUT2D eigenvalue weighted by atomic mass is 32.2. The number of thioether (sulfide) groups is 1. The second-order valence-corrected chi connectivity index (χ2v) is 9.54. The first-order valence-corrected chi connectivity index (χ1v) is 12.8. The van der Waals surface area contributed by atoms with Crippen molar-refractivity contribution in [2.75, 3.05) is 31.9 Å². The van der Waals surface area contributed by atoms with Crippen LogP contribution in [0.15, 0.2) is 94.6 Å². The summed E-state index contributed by atoms with van der Waals surface area (Å²) < 4.78 is 5.80. The van der Waals surface area contributed by atoms with E-state index >= 15 is 0 Å². The van der Waals surface area contributed by atoms with Crippen molar-refractivity contribution in [3.8, 4) is 11.5 Å². The molecule has 4 aromatic rings. The number of carbonyl (C=O) groups excluding carboxylic acids is 1. The summed E-state index contributed by atoms with van der Waals surface area (Å²) in [6, 6.07) is 29.3. The standard InChI is InChI=1S/C28H28N4O2S/c1-21-10-8-9-15-24(21)27-29-30-28(34-27)35-20-25(33)31-16-18-32(19-17-31)26(22-11-4-2-5-12-22)23-13-6-3-7-14-23/h2-15,26H,16-20H2,1H3. The maximum atomic E-state index is 12.9. The summed E-state index contributed by atoms with van der Waals surface area (Å²) in [5.41, 5.74) is 4.54. The molecule has 0 bridgehead atoms. The average Bonchev–Trinajstić information content (AvgIpc) is 3.38. The normalized spacial score (nSPS) is 14.4. The third-order valence-corrected chi connectivity index (χ3v) is 7.17. The highest BCUT2D eigenvalue weighted by molar-refractivity contribution is 7.99. The molecule has 0 atom stereocenters. The molecule has 1 aliphatic rings. The number of nitrogens with zero attached hydrogens (tertiary/aromatic N) is 4. The molecule has 5 rings (SSSR count). The molecule has 6 nitrogen and oxygen atoms in total. The molecule has 0 N–H and O–H groups in total. The fourth-order valence-corrected chi connectivity index (χ4v) is 5.18. The molecule has 0 radical (unpaired) electrons. The smallest absolute Gasteiger partial charge is 0.277 e. The first-order chi connectivity index (χ1) is 17.2. The predicted molar refractivity (Wildman–Crippen MR) is 138 cm³/mol. The molecule has 0 aliphatic carbocycles. The molecule has 3 aromatic carbocycles. The molecule has 0 unspecified atom stereocenters. The Labute approximate surface area is 210 Å². The minimum Gasteiger partial charge on any atom is -0.411 e. The van der Waals surface area contributed by atoms with Crippen molar-refractivity contribution in [3.05, 3.63) is 102 Å². The Morgan fingerprint density at radius 2 is 1.46 bits per heavy atom. The van der Waals surface area contributed by atoms with E-state index in [-0.39, 0.29) is 17.7 Å². The van der Waals surface area contributed by atoms with Crippen molar-refractivity contribution in [2.45, 2.75) is 18.2 Å². The van der Waals surface area contributed by atoms with Gasteiger partial charge in [-0.25, -0.2) is 0 Å². The number of hydrogen-bond donors (Lipinski definition) is 0. The summed E-state index contributed by atoms with van der Waals surface area (Å²) in [4.78, 5) is 17.3. The molecular weight excluding hydrogens is 456 g/mol. The Bertz CT molecular complexity index is 1210. The van der Waals surface area contributed by atoms with Crippen molar-refractivity contribution < 1.29 is 9.21 Å². The number of aromatic nitrogens is 2. The van der Waals surface area contributed by atoms with Crippen LogP contribution in [0.4, 0.5) is 0 Å². The zero-order valence-corrected chi connectivity index (χ0v) is 20.5. The Morgan fingerprint density at radius 1 is 0.857 bits per heavy atom. The molecule has 1 amide bonds. The fraction of sp³-hybridized carbons (Fsp3) is 0.250. The number of benzene rings is 3. The molecule has 1 aromatic heterocycles.